The first-order chi connectivity index (χ1) is 4.79. The van der Waals surface area contributed by atoms with Crippen LogP contribution in [0.4, 0.5) is 0 Å². The third-order valence-corrected chi connectivity index (χ3v) is 11.0. The lowest BCUT2D eigenvalue weighted by Crippen LogP contribution is -1.99. The van der Waals surface area contributed by atoms with E-state index in [0.717, 1.165) is 10.5 Å². The lowest BCUT2D eigenvalue weighted by molar-refractivity contribution is 0.621. The maximum atomic E-state index is 2.29. The predicted octanol–water partition coefficient (Wildman–Crippen LogP) is 4.70. The normalized spacial score (nSPS) is 21.9. The van der Waals surface area contributed by atoms with Crippen LogP contribution >= 0.6 is 51.1 Å². The van der Waals surface area contributed by atoms with Crippen LogP contribution < -0.4 is 0 Å². The summed E-state index contributed by atoms with van der Waals surface area (Å²) in [6, 6.07) is 0. The van der Waals surface area contributed by atoms with E-state index in [2.05, 4.69) is 13.8 Å². The van der Waals surface area contributed by atoms with Crippen LogP contribution in [0.3, 0.4) is 0 Å². The quantitative estimate of drug-likeness (QED) is 0.629. The molecule has 0 aromatic rings. The van der Waals surface area contributed by atoms with E-state index in [4.69, 9.17) is 0 Å². The van der Waals surface area contributed by atoms with Gasteiger partial charge in [0.15, 0.2) is 0 Å². The molecule has 0 aromatic carbocycles. The van der Waals surface area contributed by atoms with Crippen LogP contribution in [-0.2, 0) is 0 Å². The third-order valence-electron chi connectivity index (χ3n) is 1.01. The van der Waals surface area contributed by atoms with E-state index in [1.165, 1.54) is 6.42 Å². The third kappa shape index (κ3) is 3.95. The van der Waals surface area contributed by atoms with E-state index >= 15 is 0 Å². The Morgan fingerprint density at radius 2 is 1.70 bits per heavy atom. The zero-order chi connectivity index (χ0) is 7.40. The lowest BCUT2D eigenvalue weighted by atomic mass is 10.2. The van der Waals surface area contributed by atoms with Crippen molar-refractivity contribution in [3.8, 4) is 0 Å². The summed E-state index contributed by atoms with van der Waals surface area (Å²) in [6.45, 7) is 4.58. The molecule has 0 aliphatic carbocycles. The van der Waals surface area contributed by atoms with Crippen molar-refractivity contribution < 1.29 is 0 Å². The number of hydrogen-bond acceptors (Lipinski definition) is 5. The second kappa shape index (κ2) is 5.41. The van der Waals surface area contributed by atoms with Gasteiger partial charge in [-0.05, 0) is 41.8 Å². The Labute approximate surface area is 81.4 Å². The molecule has 0 atom stereocenters. The van der Waals surface area contributed by atoms with E-state index in [9.17, 15) is 0 Å². The molecule has 0 unspecified atom stereocenters. The summed E-state index contributed by atoms with van der Waals surface area (Å²) >= 11 is 0. The molecule has 0 spiro atoms. The van der Waals surface area contributed by atoms with Crippen LogP contribution in [0.1, 0.15) is 20.3 Å². The minimum atomic E-state index is 0.816. The van der Waals surface area contributed by atoms with Crippen LogP contribution in [0.25, 0.3) is 0 Å². The molecule has 1 heterocycles. The molecule has 1 fully saturated rings. The van der Waals surface area contributed by atoms with Crippen molar-refractivity contribution in [2.45, 2.75) is 24.9 Å². The fourth-order valence-electron chi connectivity index (χ4n) is 0.611. The average molecular weight is 230 g/mol. The highest BCUT2D eigenvalue weighted by Crippen LogP contribution is 2.61. The second-order valence-corrected chi connectivity index (χ2v) is 10.7. The van der Waals surface area contributed by atoms with Crippen LogP contribution in [0.15, 0.2) is 0 Å². The summed E-state index contributed by atoms with van der Waals surface area (Å²) < 4.78 is 0.816. The lowest BCUT2D eigenvalue weighted by Gasteiger charge is -2.19. The zero-order valence-electron chi connectivity index (χ0n) is 5.90. The van der Waals surface area contributed by atoms with Crippen LogP contribution in [-0.4, -0.2) is 4.58 Å². The van der Waals surface area contributed by atoms with Gasteiger partial charge < -0.3 is 0 Å². The molecule has 0 radical (unpaired) electrons. The molecular weight excluding hydrogens is 220 g/mol. The summed E-state index contributed by atoms with van der Waals surface area (Å²) in [7, 11) is 9.75. The van der Waals surface area contributed by atoms with E-state index in [1.54, 1.807) is 0 Å². The van der Waals surface area contributed by atoms with Crippen LogP contribution in [0.5, 0.6) is 0 Å². The van der Waals surface area contributed by atoms with E-state index < -0.39 is 0 Å². The van der Waals surface area contributed by atoms with Crippen molar-refractivity contribution >= 4 is 51.1 Å². The fraction of sp³-hybridized carbons (Fsp3) is 1.00. The molecular formula is C5H10S5. The molecule has 1 saturated heterocycles. The highest BCUT2D eigenvalue weighted by Gasteiger charge is 2.17. The Bertz CT molecular complexity index is 88.0. The van der Waals surface area contributed by atoms with E-state index in [1.807, 2.05) is 51.1 Å². The molecule has 1 aliphatic rings. The SMILES string of the molecule is CC(C)CC1SSSSS1. The molecule has 10 heavy (non-hydrogen) atoms. The molecule has 0 aromatic heterocycles. The van der Waals surface area contributed by atoms with Crippen molar-refractivity contribution in [1.29, 1.82) is 0 Å². The van der Waals surface area contributed by atoms with Crippen molar-refractivity contribution in [2.75, 3.05) is 0 Å². The van der Waals surface area contributed by atoms with Crippen molar-refractivity contribution in [3.63, 3.8) is 0 Å². The van der Waals surface area contributed by atoms with E-state index in [0.29, 0.717) is 0 Å². The standard InChI is InChI=1S/C5H10S5/c1-4(2)3-5-6-8-10-9-7-5/h4-5H,3H2,1-2H3. The monoisotopic (exact) mass is 230 g/mol. The highest BCUT2D eigenvalue weighted by atomic mass is 33.8. The first-order valence-corrected chi connectivity index (χ1v) is 9.39. The summed E-state index contributed by atoms with van der Waals surface area (Å²) in [5.74, 6) is 0.842. The Morgan fingerprint density at radius 1 is 1.10 bits per heavy atom. The van der Waals surface area contributed by atoms with Crippen molar-refractivity contribution in [3.05, 3.63) is 0 Å². The molecule has 0 saturated carbocycles. The topological polar surface area (TPSA) is 0 Å². The van der Waals surface area contributed by atoms with Gasteiger partial charge in [0.05, 0.1) is 4.58 Å². The molecule has 0 bridgehead atoms. The van der Waals surface area contributed by atoms with Gasteiger partial charge >= 0.3 is 0 Å². The Morgan fingerprint density at radius 3 is 2.20 bits per heavy atom. The van der Waals surface area contributed by atoms with Gasteiger partial charge in [-0.1, -0.05) is 35.4 Å². The molecule has 5 heteroatoms. The molecule has 1 rings (SSSR count). The number of hydrogen-bond donors (Lipinski definition) is 0. The Hall–Kier alpha value is 1.75. The molecule has 0 N–H and O–H groups in total. The van der Waals surface area contributed by atoms with E-state index in [-0.39, 0.29) is 0 Å². The largest absolute Gasteiger partial charge is 0.0728 e. The van der Waals surface area contributed by atoms with Gasteiger partial charge in [-0.15, -0.1) is 0 Å². The second-order valence-electron chi connectivity index (χ2n) is 2.46. The summed E-state index contributed by atoms with van der Waals surface area (Å²) in [5.41, 5.74) is 0. The van der Waals surface area contributed by atoms with Crippen LogP contribution in [0.2, 0.25) is 0 Å². The van der Waals surface area contributed by atoms with Crippen molar-refractivity contribution in [2.24, 2.45) is 5.92 Å². The smallest absolute Gasteiger partial charge is 0.0663 e. The van der Waals surface area contributed by atoms with Crippen LogP contribution in [0, 0.1) is 5.92 Å². The van der Waals surface area contributed by atoms with Gasteiger partial charge in [-0.3, -0.25) is 0 Å². The number of rotatable bonds is 2. The maximum Gasteiger partial charge on any atom is 0.0728 e. The zero-order valence-corrected chi connectivity index (χ0v) is 9.99. The van der Waals surface area contributed by atoms with Gasteiger partial charge in [0.25, 0.3) is 0 Å². The Kier molecular flexibility index (Phi) is 5.32. The minimum Gasteiger partial charge on any atom is -0.0663 e. The first kappa shape index (κ1) is 9.84. The van der Waals surface area contributed by atoms with Crippen molar-refractivity contribution in [1.82, 2.24) is 0 Å². The summed E-state index contributed by atoms with van der Waals surface area (Å²) in [6.07, 6.45) is 1.34. The van der Waals surface area contributed by atoms with Gasteiger partial charge in [0.1, 0.15) is 0 Å². The first-order valence-electron chi connectivity index (χ1n) is 3.11. The molecule has 1 aliphatic heterocycles. The minimum absolute atomic E-state index is 0.816. The maximum absolute atomic E-state index is 2.29. The molecule has 0 amide bonds. The molecule has 0 nitrogen and oxygen atoms in total. The molecule has 60 valence electrons. The predicted molar refractivity (Wildman–Crippen MR) is 61.2 cm³/mol. The summed E-state index contributed by atoms with van der Waals surface area (Å²) in [4.78, 5) is 0. The summed E-state index contributed by atoms with van der Waals surface area (Å²) in [5, 5.41) is 0. The van der Waals surface area contributed by atoms with Gasteiger partial charge in [0, 0.05) is 0 Å². The average Bonchev–Trinajstić information content (AvgIpc) is 1.88. The van der Waals surface area contributed by atoms with Gasteiger partial charge in [0.2, 0.25) is 0 Å². The van der Waals surface area contributed by atoms with Gasteiger partial charge in [-0.2, -0.15) is 0 Å². The fourth-order valence-corrected chi connectivity index (χ4v) is 12.6. The Balaban J connectivity index is 2.13. The van der Waals surface area contributed by atoms with Gasteiger partial charge in [-0.25, -0.2) is 0 Å². The highest BCUT2D eigenvalue weighted by molar-refractivity contribution is 9.38.